The van der Waals surface area contributed by atoms with Crippen molar-refractivity contribution < 1.29 is 50.5 Å². The zero-order valence-electron chi connectivity index (χ0n) is 26.1. The number of likely N-dealkylation sites (N-methyl/N-ethyl adjacent to an activating group) is 1. The van der Waals surface area contributed by atoms with Gasteiger partial charge in [0.2, 0.25) is 5.82 Å². The Labute approximate surface area is 250 Å². The average molecular weight is 622 g/mol. The maximum absolute atomic E-state index is 14.3. The first-order valence-electron chi connectivity index (χ1n) is 14.6. The van der Waals surface area contributed by atoms with E-state index in [1.165, 1.54) is 6.92 Å². The Balaban J connectivity index is 2.40. The van der Waals surface area contributed by atoms with Crippen molar-refractivity contribution in [3.05, 3.63) is 34.6 Å². The number of hydrogen-bond acceptors (Lipinski definition) is 7. The molecular formula is C31H44F5NO6. The SMILES string of the molecule is CCC(C)(CC(C)(CC(C)(C)C(=O)OCCN(C)C)C(=O)OCc1c(F)c(F)c(F)c(F)c1F)C(=O)OC1CCCCC1. The first-order valence-corrected chi connectivity index (χ1v) is 14.6. The van der Waals surface area contributed by atoms with Crippen molar-refractivity contribution in [1.29, 1.82) is 0 Å². The zero-order chi connectivity index (χ0) is 32.8. The number of carbonyl (C=O) groups is 3. The monoisotopic (exact) mass is 621 g/mol. The average Bonchev–Trinajstić information content (AvgIpc) is 2.94. The predicted molar refractivity (Wildman–Crippen MR) is 148 cm³/mol. The molecule has 0 saturated heterocycles. The Morgan fingerprint density at radius 2 is 1.28 bits per heavy atom. The van der Waals surface area contributed by atoms with E-state index in [9.17, 15) is 36.3 Å². The Kier molecular flexibility index (Phi) is 12.5. The molecule has 0 N–H and O–H groups in total. The number of esters is 3. The highest BCUT2D eigenvalue weighted by atomic mass is 19.2. The minimum Gasteiger partial charge on any atom is -0.464 e. The molecule has 244 valence electrons. The standard InChI is InChI=1S/C31H44F5NO6/c1-8-30(4,28(40)43-19-12-10-9-11-13-19)18-31(5,17-29(2,3)26(38)41-15-14-37(6)7)27(39)42-16-20-21(32)23(34)25(36)24(35)22(20)33/h19H,8-18H2,1-7H3. The summed E-state index contributed by atoms with van der Waals surface area (Å²) in [4.78, 5) is 42.0. The van der Waals surface area contributed by atoms with E-state index in [1.807, 2.05) is 4.90 Å². The van der Waals surface area contributed by atoms with E-state index in [0.717, 1.165) is 32.1 Å². The number of nitrogens with zero attached hydrogens (tertiary/aromatic N) is 1. The summed E-state index contributed by atoms with van der Waals surface area (Å²) in [5.41, 5.74) is -5.50. The van der Waals surface area contributed by atoms with Crippen molar-refractivity contribution in [3.63, 3.8) is 0 Å². The van der Waals surface area contributed by atoms with Crippen LogP contribution in [0.25, 0.3) is 0 Å². The zero-order valence-corrected chi connectivity index (χ0v) is 26.1. The van der Waals surface area contributed by atoms with Gasteiger partial charge in [-0.25, -0.2) is 22.0 Å². The summed E-state index contributed by atoms with van der Waals surface area (Å²) in [5, 5.41) is 0. The lowest BCUT2D eigenvalue weighted by molar-refractivity contribution is -0.172. The van der Waals surface area contributed by atoms with Crippen molar-refractivity contribution in [1.82, 2.24) is 4.90 Å². The number of hydrogen-bond donors (Lipinski definition) is 0. The van der Waals surface area contributed by atoms with E-state index < -0.39 is 75.4 Å². The lowest BCUT2D eigenvalue weighted by atomic mass is 9.65. The van der Waals surface area contributed by atoms with Crippen LogP contribution in [0.2, 0.25) is 0 Å². The van der Waals surface area contributed by atoms with Crippen molar-refractivity contribution in [2.24, 2.45) is 16.2 Å². The third-order valence-corrected chi connectivity index (χ3v) is 8.18. The number of rotatable bonds is 14. The lowest BCUT2D eigenvalue weighted by Gasteiger charge is -2.40. The third-order valence-electron chi connectivity index (χ3n) is 8.18. The molecular weight excluding hydrogens is 577 g/mol. The summed E-state index contributed by atoms with van der Waals surface area (Å²) in [7, 11) is 3.60. The molecule has 1 aromatic carbocycles. The van der Waals surface area contributed by atoms with Gasteiger partial charge >= 0.3 is 17.9 Å². The Morgan fingerprint density at radius 1 is 0.744 bits per heavy atom. The van der Waals surface area contributed by atoms with Crippen LogP contribution in [0.1, 0.15) is 91.5 Å². The van der Waals surface area contributed by atoms with Gasteiger partial charge in [-0.05, 0) is 86.7 Å². The molecule has 0 spiro atoms. The number of benzene rings is 1. The second-order valence-corrected chi connectivity index (χ2v) is 12.9. The highest BCUT2D eigenvalue weighted by molar-refractivity contribution is 5.82. The fourth-order valence-electron chi connectivity index (χ4n) is 5.54. The van der Waals surface area contributed by atoms with Gasteiger partial charge < -0.3 is 19.1 Å². The molecule has 1 aliphatic carbocycles. The van der Waals surface area contributed by atoms with Gasteiger partial charge in [0.15, 0.2) is 23.3 Å². The van der Waals surface area contributed by atoms with Gasteiger partial charge in [0.05, 0.1) is 21.8 Å². The van der Waals surface area contributed by atoms with Crippen LogP contribution in [-0.2, 0) is 35.2 Å². The highest BCUT2D eigenvalue weighted by Gasteiger charge is 2.50. The smallest absolute Gasteiger partial charge is 0.312 e. The van der Waals surface area contributed by atoms with Crippen LogP contribution in [0, 0.1) is 45.3 Å². The number of halogens is 5. The summed E-state index contributed by atoms with van der Waals surface area (Å²) in [5.74, 6) is -13.2. The number of carbonyl (C=O) groups excluding carboxylic acids is 3. The largest absolute Gasteiger partial charge is 0.464 e. The molecule has 1 saturated carbocycles. The Bertz CT molecular complexity index is 1140. The van der Waals surface area contributed by atoms with Crippen molar-refractivity contribution >= 4 is 17.9 Å². The van der Waals surface area contributed by atoms with E-state index >= 15 is 0 Å². The van der Waals surface area contributed by atoms with Gasteiger partial charge in [0.1, 0.15) is 19.3 Å². The second kappa shape index (κ2) is 14.8. The van der Waals surface area contributed by atoms with Crippen LogP contribution >= 0.6 is 0 Å². The van der Waals surface area contributed by atoms with Gasteiger partial charge in [-0.15, -0.1) is 0 Å². The topological polar surface area (TPSA) is 82.1 Å². The fourth-order valence-corrected chi connectivity index (χ4v) is 5.54. The molecule has 12 heteroatoms. The first-order chi connectivity index (χ1) is 19.9. The lowest BCUT2D eigenvalue weighted by Crippen LogP contribution is -2.45. The molecule has 0 bridgehead atoms. The normalized spacial score (nSPS) is 17.2. The van der Waals surface area contributed by atoms with Crippen LogP contribution in [-0.4, -0.2) is 56.2 Å². The Hall–Kier alpha value is -2.76. The fraction of sp³-hybridized carbons (Fsp3) is 0.710. The molecule has 1 aliphatic rings. The van der Waals surface area contributed by atoms with Crippen molar-refractivity contribution in [2.45, 2.75) is 98.7 Å². The molecule has 0 aromatic heterocycles. The van der Waals surface area contributed by atoms with Crippen LogP contribution in [0.3, 0.4) is 0 Å². The van der Waals surface area contributed by atoms with Gasteiger partial charge in [-0.3, -0.25) is 14.4 Å². The van der Waals surface area contributed by atoms with Crippen molar-refractivity contribution in [2.75, 3.05) is 27.2 Å². The van der Waals surface area contributed by atoms with E-state index in [2.05, 4.69) is 0 Å². The van der Waals surface area contributed by atoms with Crippen LogP contribution in [0.4, 0.5) is 22.0 Å². The molecule has 1 fully saturated rings. The van der Waals surface area contributed by atoms with E-state index in [-0.39, 0.29) is 32.0 Å². The molecule has 0 aliphatic heterocycles. The third kappa shape index (κ3) is 9.12. The molecule has 0 radical (unpaired) electrons. The maximum atomic E-state index is 14.3. The van der Waals surface area contributed by atoms with Crippen LogP contribution in [0.5, 0.6) is 0 Å². The molecule has 0 heterocycles. The molecule has 1 aromatic rings. The summed E-state index contributed by atoms with van der Waals surface area (Å²) in [6.45, 7) is 7.16. The molecule has 2 atom stereocenters. The van der Waals surface area contributed by atoms with Gasteiger partial charge in [0, 0.05) is 6.54 Å². The molecule has 7 nitrogen and oxygen atoms in total. The quantitative estimate of drug-likeness (QED) is 0.0758. The van der Waals surface area contributed by atoms with Gasteiger partial charge in [-0.2, -0.15) is 0 Å². The minimum absolute atomic E-state index is 0.0804. The summed E-state index contributed by atoms with van der Waals surface area (Å²) in [6, 6.07) is 0. The van der Waals surface area contributed by atoms with Crippen LogP contribution in [0.15, 0.2) is 0 Å². The van der Waals surface area contributed by atoms with E-state index in [4.69, 9.17) is 14.2 Å². The molecule has 2 unspecified atom stereocenters. The summed E-state index contributed by atoms with van der Waals surface area (Å²) < 4.78 is 86.1. The molecule has 43 heavy (non-hydrogen) atoms. The minimum atomic E-state index is -2.33. The molecule has 0 amide bonds. The van der Waals surface area contributed by atoms with E-state index in [1.54, 1.807) is 41.8 Å². The van der Waals surface area contributed by atoms with Crippen LogP contribution < -0.4 is 0 Å². The first kappa shape index (κ1) is 36.4. The number of ether oxygens (including phenoxy) is 3. The Morgan fingerprint density at radius 3 is 1.79 bits per heavy atom. The van der Waals surface area contributed by atoms with Gasteiger partial charge in [0.25, 0.3) is 0 Å². The van der Waals surface area contributed by atoms with Gasteiger partial charge in [-0.1, -0.05) is 13.3 Å². The summed E-state index contributed by atoms with van der Waals surface area (Å²) >= 11 is 0. The summed E-state index contributed by atoms with van der Waals surface area (Å²) in [6.07, 6.45) is 3.91. The second-order valence-electron chi connectivity index (χ2n) is 12.9. The molecule has 2 rings (SSSR count). The predicted octanol–water partition coefficient (Wildman–Crippen LogP) is 6.64. The van der Waals surface area contributed by atoms with E-state index in [0.29, 0.717) is 6.54 Å². The highest BCUT2D eigenvalue weighted by Crippen LogP contribution is 2.46. The maximum Gasteiger partial charge on any atom is 0.312 e. The van der Waals surface area contributed by atoms with Crippen molar-refractivity contribution in [3.8, 4) is 0 Å².